The number of rotatable bonds is 2. The van der Waals surface area contributed by atoms with Gasteiger partial charge in [-0.05, 0) is 23.8 Å². The molecule has 0 atom stereocenters. The molecule has 1 aromatic carbocycles. The molecule has 0 unspecified atom stereocenters. The van der Waals surface area contributed by atoms with E-state index in [1.807, 2.05) is 36.5 Å². The van der Waals surface area contributed by atoms with Crippen molar-refractivity contribution in [2.24, 2.45) is 0 Å². The predicted molar refractivity (Wildman–Crippen MR) is 103 cm³/mol. The summed E-state index contributed by atoms with van der Waals surface area (Å²) in [5.74, 6) is 0.874. The van der Waals surface area contributed by atoms with Crippen molar-refractivity contribution in [1.29, 1.82) is 0 Å². The fraction of sp³-hybridized carbons (Fsp3) is 0.105. The molecule has 0 saturated carbocycles. The second-order valence-electron chi connectivity index (χ2n) is 5.94. The van der Waals surface area contributed by atoms with Crippen LogP contribution in [0.25, 0.3) is 32.3 Å². The number of ether oxygens (including phenoxy) is 1. The van der Waals surface area contributed by atoms with E-state index in [0.29, 0.717) is 11.6 Å². The molecule has 3 aromatic heterocycles. The summed E-state index contributed by atoms with van der Waals surface area (Å²) in [7, 11) is 0. The largest absolute Gasteiger partial charge is 0.492 e. The van der Waals surface area contributed by atoms with Crippen LogP contribution in [0.4, 0.5) is 0 Å². The zero-order chi connectivity index (χ0) is 17.5. The number of fused-ring (bicyclic) bond motifs is 3. The molecule has 0 radical (unpaired) electrons. The lowest BCUT2D eigenvalue weighted by molar-refractivity contribution is 0.326. The molecule has 4 aromatic rings. The van der Waals surface area contributed by atoms with Gasteiger partial charge in [0.05, 0.1) is 22.1 Å². The van der Waals surface area contributed by atoms with E-state index in [4.69, 9.17) is 16.3 Å². The summed E-state index contributed by atoms with van der Waals surface area (Å²) < 4.78 is 5.84. The molecule has 0 bridgehead atoms. The van der Waals surface area contributed by atoms with E-state index in [1.165, 1.54) is 10.4 Å². The van der Waals surface area contributed by atoms with E-state index in [0.717, 1.165) is 39.6 Å². The van der Waals surface area contributed by atoms with Crippen molar-refractivity contribution in [3.8, 4) is 38.0 Å². The van der Waals surface area contributed by atoms with Crippen LogP contribution in [0.15, 0.2) is 48.8 Å². The fourth-order valence-electron chi connectivity index (χ4n) is 3.15. The molecule has 7 heteroatoms. The summed E-state index contributed by atoms with van der Waals surface area (Å²) >= 11 is 8.04. The molecule has 5 nitrogen and oxygen atoms in total. The van der Waals surface area contributed by atoms with Crippen LogP contribution in [0.2, 0.25) is 5.02 Å². The maximum absolute atomic E-state index is 6.36. The minimum atomic E-state index is 0.649. The smallest absolute Gasteiger partial charge is 0.131 e. The lowest BCUT2D eigenvalue weighted by atomic mass is 10.1. The maximum Gasteiger partial charge on any atom is 0.131 e. The van der Waals surface area contributed by atoms with Crippen LogP contribution in [-0.2, 0) is 6.42 Å². The van der Waals surface area contributed by atoms with Gasteiger partial charge in [-0.15, -0.1) is 11.3 Å². The first-order valence-electron chi connectivity index (χ1n) is 8.17. The van der Waals surface area contributed by atoms with Gasteiger partial charge in [-0.25, -0.2) is 0 Å². The molecule has 26 heavy (non-hydrogen) atoms. The van der Waals surface area contributed by atoms with Crippen molar-refractivity contribution >= 4 is 22.9 Å². The number of aromatic nitrogens is 4. The number of halogens is 1. The van der Waals surface area contributed by atoms with E-state index in [9.17, 15) is 0 Å². The number of nitrogens with zero attached hydrogens (tertiary/aromatic N) is 3. The molecular formula is C19H13ClN4OS. The third-order valence-corrected chi connectivity index (χ3v) is 5.92. The standard InChI is InChI=1S/C19H13ClN4OS/c20-14-4-2-1-3-12(14)17-18(23-24-22-17)16-9-11-6-8-25-15-5-7-21-10-13(15)19(11)26-16/h1-5,7,9-10H,6,8H2,(H,22,23,24). The van der Waals surface area contributed by atoms with Gasteiger partial charge >= 0.3 is 0 Å². The Hall–Kier alpha value is -2.70. The SMILES string of the molecule is Clc1ccccc1-c1n[nH]nc1-c1cc2c(s1)-c1cnccc1OCC2. The first kappa shape index (κ1) is 15.5. The first-order chi connectivity index (χ1) is 12.8. The second kappa shape index (κ2) is 6.23. The molecule has 0 fully saturated rings. The Balaban J connectivity index is 1.66. The van der Waals surface area contributed by atoms with Crippen LogP contribution >= 0.6 is 22.9 Å². The summed E-state index contributed by atoms with van der Waals surface area (Å²) in [6.45, 7) is 0.649. The molecule has 1 aliphatic rings. The van der Waals surface area contributed by atoms with Crippen LogP contribution in [0, 0.1) is 0 Å². The van der Waals surface area contributed by atoms with Crippen LogP contribution in [0.3, 0.4) is 0 Å². The van der Waals surface area contributed by atoms with Gasteiger partial charge < -0.3 is 4.74 Å². The Morgan fingerprint density at radius 1 is 1.08 bits per heavy atom. The topological polar surface area (TPSA) is 63.7 Å². The van der Waals surface area contributed by atoms with Gasteiger partial charge in [0.15, 0.2) is 0 Å². The molecule has 1 N–H and O–H groups in total. The number of benzene rings is 1. The molecule has 5 rings (SSSR count). The third-order valence-electron chi connectivity index (χ3n) is 4.37. The molecule has 1 aliphatic heterocycles. The Morgan fingerprint density at radius 3 is 2.88 bits per heavy atom. The summed E-state index contributed by atoms with van der Waals surface area (Å²) in [5, 5.41) is 12.1. The van der Waals surface area contributed by atoms with Crippen molar-refractivity contribution in [3.05, 3.63) is 59.4 Å². The average Bonchev–Trinajstić information content (AvgIpc) is 3.26. The highest BCUT2D eigenvalue weighted by Gasteiger charge is 2.22. The van der Waals surface area contributed by atoms with Gasteiger partial charge in [-0.1, -0.05) is 29.8 Å². The van der Waals surface area contributed by atoms with Gasteiger partial charge in [0.25, 0.3) is 0 Å². The molecular weight excluding hydrogens is 368 g/mol. The van der Waals surface area contributed by atoms with Gasteiger partial charge in [0.1, 0.15) is 17.1 Å². The quantitative estimate of drug-likeness (QED) is 0.540. The number of thiophene rings is 1. The van der Waals surface area contributed by atoms with Crippen molar-refractivity contribution in [2.45, 2.75) is 6.42 Å². The lowest BCUT2D eigenvalue weighted by Crippen LogP contribution is -1.98. The average molecular weight is 381 g/mol. The minimum Gasteiger partial charge on any atom is -0.492 e. The highest BCUT2D eigenvalue weighted by atomic mass is 35.5. The van der Waals surface area contributed by atoms with E-state index in [2.05, 4.69) is 26.5 Å². The van der Waals surface area contributed by atoms with Crippen molar-refractivity contribution < 1.29 is 4.74 Å². The lowest BCUT2D eigenvalue weighted by Gasteiger charge is -2.05. The predicted octanol–water partition coefficient (Wildman–Crippen LogP) is 4.85. The van der Waals surface area contributed by atoms with E-state index >= 15 is 0 Å². The van der Waals surface area contributed by atoms with E-state index in [-0.39, 0.29) is 0 Å². The number of H-pyrrole nitrogens is 1. The van der Waals surface area contributed by atoms with Gasteiger partial charge in [-0.2, -0.15) is 15.4 Å². The summed E-state index contributed by atoms with van der Waals surface area (Å²) in [6, 6.07) is 11.7. The summed E-state index contributed by atoms with van der Waals surface area (Å²) in [4.78, 5) is 6.49. The monoisotopic (exact) mass is 380 g/mol. The Bertz CT molecular complexity index is 1100. The van der Waals surface area contributed by atoms with Crippen LogP contribution in [-0.4, -0.2) is 27.0 Å². The number of hydrogen-bond donors (Lipinski definition) is 1. The summed E-state index contributed by atoms with van der Waals surface area (Å²) in [5.41, 5.74) is 4.70. The van der Waals surface area contributed by atoms with Crippen molar-refractivity contribution in [3.63, 3.8) is 0 Å². The maximum atomic E-state index is 6.36. The zero-order valence-electron chi connectivity index (χ0n) is 13.6. The number of pyridine rings is 1. The molecule has 0 aliphatic carbocycles. The van der Waals surface area contributed by atoms with Gasteiger partial charge in [0, 0.05) is 29.3 Å². The Morgan fingerprint density at radius 2 is 1.96 bits per heavy atom. The Labute approximate surface area is 158 Å². The third kappa shape index (κ3) is 2.50. The molecule has 4 heterocycles. The Kier molecular flexibility index (Phi) is 3.72. The second-order valence-corrected chi connectivity index (χ2v) is 7.40. The van der Waals surface area contributed by atoms with Crippen LogP contribution in [0.1, 0.15) is 5.56 Å². The van der Waals surface area contributed by atoms with Gasteiger partial charge in [0.2, 0.25) is 0 Å². The molecule has 0 amide bonds. The fourth-order valence-corrected chi connectivity index (χ4v) is 4.59. The molecule has 128 valence electrons. The normalized spacial score (nSPS) is 12.8. The number of nitrogens with one attached hydrogen (secondary N) is 1. The number of hydrogen-bond acceptors (Lipinski definition) is 5. The van der Waals surface area contributed by atoms with Crippen LogP contribution < -0.4 is 4.74 Å². The molecule has 0 spiro atoms. The van der Waals surface area contributed by atoms with Crippen molar-refractivity contribution in [2.75, 3.05) is 6.61 Å². The van der Waals surface area contributed by atoms with E-state index in [1.54, 1.807) is 17.5 Å². The zero-order valence-corrected chi connectivity index (χ0v) is 15.1. The van der Waals surface area contributed by atoms with Crippen LogP contribution in [0.5, 0.6) is 5.75 Å². The van der Waals surface area contributed by atoms with Crippen molar-refractivity contribution in [1.82, 2.24) is 20.4 Å². The molecule has 0 saturated heterocycles. The first-order valence-corrected chi connectivity index (χ1v) is 9.36. The van der Waals surface area contributed by atoms with E-state index < -0.39 is 0 Å². The minimum absolute atomic E-state index is 0.649. The highest BCUT2D eigenvalue weighted by Crippen LogP contribution is 2.44. The van der Waals surface area contributed by atoms with Gasteiger partial charge in [-0.3, -0.25) is 4.98 Å². The number of aromatic amines is 1. The highest BCUT2D eigenvalue weighted by molar-refractivity contribution is 7.19. The summed E-state index contributed by atoms with van der Waals surface area (Å²) in [6.07, 6.45) is 4.46.